The first-order chi connectivity index (χ1) is 12.0. The quantitative estimate of drug-likeness (QED) is 0.788. The molecular formula is C20H24O5. The topological polar surface area (TPSA) is 65.0 Å². The van der Waals surface area contributed by atoms with E-state index in [4.69, 9.17) is 14.2 Å². The fourth-order valence-electron chi connectivity index (χ4n) is 2.96. The van der Waals surface area contributed by atoms with Crippen molar-refractivity contribution in [1.29, 1.82) is 0 Å². The summed E-state index contributed by atoms with van der Waals surface area (Å²) in [6.45, 7) is 4.39. The molecule has 1 unspecified atom stereocenters. The molecule has 5 nitrogen and oxygen atoms in total. The van der Waals surface area contributed by atoms with E-state index in [0.29, 0.717) is 24.5 Å². The molecule has 0 aliphatic heterocycles. The minimum absolute atomic E-state index is 0.310. The smallest absolute Gasteiger partial charge is 0.311 e. The molecule has 5 heteroatoms. The highest BCUT2D eigenvalue weighted by molar-refractivity contribution is 5.77. The largest absolute Gasteiger partial charge is 0.494 e. The molecule has 0 aliphatic rings. The van der Waals surface area contributed by atoms with Crippen molar-refractivity contribution >= 4 is 5.97 Å². The number of aliphatic carboxylic acids is 1. The normalized spacial score (nSPS) is 11.7. The Bertz CT molecular complexity index is 739. The van der Waals surface area contributed by atoms with E-state index in [1.807, 2.05) is 44.2 Å². The van der Waals surface area contributed by atoms with E-state index < -0.39 is 11.9 Å². The van der Waals surface area contributed by atoms with Gasteiger partial charge in [-0.25, -0.2) is 0 Å². The average Bonchev–Trinajstić information content (AvgIpc) is 2.60. The molecule has 0 radical (unpaired) electrons. The standard InChI is InChI=1S/C20H24O5/c1-5-25-15-9-10-16(13(2)11-15)17(20(21)22)12-14-7-6-8-18(23-3)19(14)24-4/h6-11,17H,5,12H2,1-4H3,(H,21,22). The van der Waals surface area contributed by atoms with Crippen LogP contribution in [0.5, 0.6) is 17.2 Å². The summed E-state index contributed by atoms with van der Waals surface area (Å²) in [6.07, 6.45) is 0.310. The molecule has 0 saturated carbocycles. The van der Waals surface area contributed by atoms with Gasteiger partial charge in [0.1, 0.15) is 5.75 Å². The summed E-state index contributed by atoms with van der Waals surface area (Å²) in [6, 6.07) is 11.0. The van der Waals surface area contributed by atoms with Crippen molar-refractivity contribution in [2.75, 3.05) is 20.8 Å². The number of hydrogen-bond acceptors (Lipinski definition) is 4. The number of rotatable bonds is 8. The van der Waals surface area contributed by atoms with Crippen molar-refractivity contribution in [2.24, 2.45) is 0 Å². The molecule has 0 bridgehead atoms. The summed E-state index contributed by atoms with van der Waals surface area (Å²) in [5.74, 6) is 0.341. The second-order valence-corrected chi connectivity index (χ2v) is 5.70. The van der Waals surface area contributed by atoms with Gasteiger partial charge in [0, 0.05) is 0 Å². The van der Waals surface area contributed by atoms with Crippen molar-refractivity contribution in [3.8, 4) is 17.2 Å². The lowest BCUT2D eigenvalue weighted by atomic mass is 9.88. The third-order valence-electron chi connectivity index (χ3n) is 4.13. The Morgan fingerprint density at radius 1 is 1.16 bits per heavy atom. The number of benzene rings is 2. The van der Waals surface area contributed by atoms with Gasteiger partial charge in [-0.1, -0.05) is 18.2 Å². The number of carboxylic acids is 1. The first-order valence-electron chi connectivity index (χ1n) is 8.17. The van der Waals surface area contributed by atoms with Crippen molar-refractivity contribution < 1.29 is 24.1 Å². The summed E-state index contributed by atoms with van der Waals surface area (Å²) in [5, 5.41) is 9.77. The first kappa shape index (κ1) is 18.6. The van der Waals surface area contributed by atoms with E-state index in [1.165, 1.54) is 0 Å². The Morgan fingerprint density at radius 2 is 1.92 bits per heavy atom. The molecule has 2 rings (SSSR count). The number of ether oxygens (including phenoxy) is 3. The molecule has 0 aromatic heterocycles. The van der Waals surface area contributed by atoms with Crippen LogP contribution in [0.4, 0.5) is 0 Å². The first-order valence-corrected chi connectivity index (χ1v) is 8.17. The van der Waals surface area contributed by atoms with E-state index in [1.54, 1.807) is 20.3 Å². The van der Waals surface area contributed by atoms with Crippen molar-refractivity contribution in [1.82, 2.24) is 0 Å². The minimum Gasteiger partial charge on any atom is -0.494 e. The molecule has 0 heterocycles. The van der Waals surface area contributed by atoms with Gasteiger partial charge in [-0.3, -0.25) is 4.79 Å². The molecule has 1 N–H and O–H groups in total. The Morgan fingerprint density at radius 3 is 2.48 bits per heavy atom. The molecule has 25 heavy (non-hydrogen) atoms. The molecule has 0 aliphatic carbocycles. The van der Waals surface area contributed by atoms with Crippen molar-refractivity contribution in [2.45, 2.75) is 26.2 Å². The van der Waals surface area contributed by atoms with Crippen LogP contribution in [0.15, 0.2) is 36.4 Å². The molecule has 134 valence electrons. The highest BCUT2D eigenvalue weighted by Crippen LogP contribution is 2.35. The zero-order valence-corrected chi connectivity index (χ0v) is 15.0. The van der Waals surface area contributed by atoms with Crippen LogP contribution in [0.2, 0.25) is 0 Å². The summed E-state index contributed by atoms with van der Waals surface area (Å²) in [7, 11) is 3.12. The highest BCUT2D eigenvalue weighted by Gasteiger charge is 2.24. The monoisotopic (exact) mass is 344 g/mol. The van der Waals surface area contributed by atoms with Crippen LogP contribution < -0.4 is 14.2 Å². The number of aryl methyl sites for hydroxylation is 1. The summed E-state index contributed by atoms with van der Waals surface area (Å²) in [5.41, 5.74) is 2.45. The van der Waals surface area contributed by atoms with Crippen LogP contribution in [0.25, 0.3) is 0 Å². The van der Waals surface area contributed by atoms with E-state index in [9.17, 15) is 9.90 Å². The van der Waals surface area contributed by atoms with Gasteiger partial charge in [0.2, 0.25) is 0 Å². The molecule has 0 spiro atoms. The van der Waals surface area contributed by atoms with Gasteiger partial charge in [-0.15, -0.1) is 0 Å². The van der Waals surface area contributed by atoms with Gasteiger partial charge in [-0.05, 0) is 55.2 Å². The zero-order valence-electron chi connectivity index (χ0n) is 15.0. The molecule has 0 saturated heterocycles. The fraction of sp³-hybridized carbons (Fsp3) is 0.350. The van der Waals surface area contributed by atoms with Crippen LogP contribution >= 0.6 is 0 Å². The van der Waals surface area contributed by atoms with Gasteiger partial charge in [-0.2, -0.15) is 0 Å². The lowest BCUT2D eigenvalue weighted by molar-refractivity contribution is -0.138. The van der Waals surface area contributed by atoms with Crippen molar-refractivity contribution in [3.63, 3.8) is 0 Å². The van der Waals surface area contributed by atoms with E-state index in [0.717, 1.165) is 22.4 Å². The highest BCUT2D eigenvalue weighted by atomic mass is 16.5. The lowest BCUT2D eigenvalue weighted by Gasteiger charge is -2.19. The number of para-hydroxylation sites is 1. The third kappa shape index (κ3) is 4.24. The number of carbonyl (C=O) groups is 1. The Balaban J connectivity index is 2.39. The summed E-state index contributed by atoms with van der Waals surface area (Å²) < 4.78 is 16.2. The zero-order chi connectivity index (χ0) is 18.4. The number of methoxy groups -OCH3 is 2. The maximum absolute atomic E-state index is 11.9. The predicted octanol–water partition coefficient (Wildman–Crippen LogP) is 3.82. The predicted molar refractivity (Wildman–Crippen MR) is 96.0 cm³/mol. The average molecular weight is 344 g/mol. The maximum Gasteiger partial charge on any atom is 0.311 e. The summed E-state index contributed by atoms with van der Waals surface area (Å²) in [4.78, 5) is 11.9. The Hall–Kier alpha value is -2.69. The molecule has 0 fully saturated rings. The third-order valence-corrected chi connectivity index (χ3v) is 4.13. The van der Waals surface area contributed by atoms with Crippen LogP contribution in [0.3, 0.4) is 0 Å². The second-order valence-electron chi connectivity index (χ2n) is 5.70. The molecule has 0 amide bonds. The van der Waals surface area contributed by atoms with Gasteiger partial charge >= 0.3 is 5.97 Å². The minimum atomic E-state index is -0.878. The van der Waals surface area contributed by atoms with Crippen LogP contribution in [-0.4, -0.2) is 31.9 Å². The molecule has 2 aromatic rings. The van der Waals surface area contributed by atoms with Gasteiger partial charge in [0.15, 0.2) is 11.5 Å². The van der Waals surface area contributed by atoms with Crippen LogP contribution in [0.1, 0.15) is 29.5 Å². The van der Waals surface area contributed by atoms with Crippen LogP contribution in [0, 0.1) is 6.92 Å². The van der Waals surface area contributed by atoms with E-state index >= 15 is 0 Å². The molecule has 1 atom stereocenters. The molecular weight excluding hydrogens is 320 g/mol. The van der Waals surface area contributed by atoms with E-state index in [-0.39, 0.29) is 0 Å². The van der Waals surface area contributed by atoms with Gasteiger partial charge in [0.25, 0.3) is 0 Å². The molecule has 2 aromatic carbocycles. The van der Waals surface area contributed by atoms with Crippen molar-refractivity contribution in [3.05, 3.63) is 53.1 Å². The lowest BCUT2D eigenvalue weighted by Crippen LogP contribution is -2.16. The summed E-state index contributed by atoms with van der Waals surface area (Å²) >= 11 is 0. The van der Waals surface area contributed by atoms with Gasteiger partial charge < -0.3 is 19.3 Å². The SMILES string of the molecule is CCOc1ccc(C(Cc2cccc(OC)c2OC)C(=O)O)c(C)c1. The fourth-order valence-corrected chi connectivity index (χ4v) is 2.96. The van der Waals surface area contributed by atoms with Gasteiger partial charge in [0.05, 0.1) is 26.7 Å². The number of hydrogen-bond donors (Lipinski definition) is 1. The number of carboxylic acid groups (broad SMARTS) is 1. The Labute approximate surface area is 148 Å². The second kappa shape index (κ2) is 8.42. The maximum atomic E-state index is 11.9. The Kier molecular flexibility index (Phi) is 6.28. The van der Waals surface area contributed by atoms with E-state index in [2.05, 4.69) is 0 Å². The van der Waals surface area contributed by atoms with Crippen LogP contribution in [-0.2, 0) is 11.2 Å².